The molecule has 104 valence electrons. The molecule has 1 aliphatic heterocycles. The van der Waals surface area contributed by atoms with Crippen LogP contribution in [0.5, 0.6) is 0 Å². The van der Waals surface area contributed by atoms with Gasteiger partial charge in [-0.05, 0) is 31.0 Å². The molecule has 1 saturated heterocycles. The summed E-state index contributed by atoms with van der Waals surface area (Å²) in [5, 5.41) is 9.08. The van der Waals surface area contributed by atoms with E-state index in [4.69, 9.17) is 5.11 Å². The SMILES string of the molecule is CN(C)c1ccc(CN2CCC[C@@H](C(=O)O)C2)cn1. The number of hydrogen-bond acceptors (Lipinski definition) is 4. The third-order valence-corrected chi connectivity index (χ3v) is 3.53. The Hall–Kier alpha value is -1.62. The molecule has 0 unspecified atom stereocenters. The van der Waals surface area contributed by atoms with Crippen LogP contribution in [-0.2, 0) is 11.3 Å². The third kappa shape index (κ3) is 3.67. The molecule has 1 aromatic rings. The van der Waals surface area contributed by atoms with Crippen LogP contribution in [0.4, 0.5) is 5.82 Å². The normalized spacial score (nSPS) is 20.2. The number of aliphatic carboxylic acids is 1. The van der Waals surface area contributed by atoms with E-state index >= 15 is 0 Å². The number of hydrogen-bond donors (Lipinski definition) is 1. The molecule has 19 heavy (non-hydrogen) atoms. The monoisotopic (exact) mass is 263 g/mol. The van der Waals surface area contributed by atoms with E-state index in [0.717, 1.165) is 37.3 Å². The van der Waals surface area contributed by atoms with E-state index in [0.29, 0.717) is 6.54 Å². The van der Waals surface area contributed by atoms with Gasteiger partial charge in [-0.15, -0.1) is 0 Å². The Bertz CT molecular complexity index is 431. The van der Waals surface area contributed by atoms with Gasteiger partial charge < -0.3 is 10.0 Å². The Morgan fingerprint density at radius 1 is 1.53 bits per heavy atom. The van der Waals surface area contributed by atoms with Crippen molar-refractivity contribution in [1.82, 2.24) is 9.88 Å². The number of likely N-dealkylation sites (tertiary alicyclic amines) is 1. The molecule has 2 rings (SSSR count). The summed E-state index contributed by atoms with van der Waals surface area (Å²) in [6, 6.07) is 4.06. The second kappa shape index (κ2) is 6.02. The van der Waals surface area contributed by atoms with Gasteiger partial charge >= 0.3 is 5.97 Å². The van der Waals surface area contributed by atoms with Crippen molar-refractivity contribution in [1.29, 1.82) is 0 Å². The van der Waals surface area contributed by atoms with Gasteiger partial charge in [-0.1, -0.05) is 6.07 Å². The number of carbonyl (C=O) groups is 1. The quantitative estimate of drug-likeness (QED) is 0.891. The maximum absolute atomic E-state index is 11.0. The van der Waals surface area contributed by atoms with E-state index in [2.05, 4.69) is 16.0 Å². The van der Waals surface area contributed by atoms with Crippen molar-refractivity contribution in [3.05, 3.63) is 23.9 Å². The zero-order valence-corrected chi connectivity index (χ0v) is 11.5. The number of aromatic nitrogens is 1. The van der Waals surface area contributed by atoms with Crippen LogP contribution in [0.15, 0.2) is 18.3 Å². The first-order valence-corrected chi connectivity index (χ1v) is 6.63. The maximum Gasteiger partial charge on any atom is 0.307 e. The summed E-state index contributed by atoms with van der Waals surface area (Å²) >= 11 is 0. The molecule has 1 aromatic heterocycles. The van der Waals surface area contributed by atoms with Crippen LogP contribution in [0.2, 0.25) is 0 Å². The molecule has 1 N–H and O–H groups in total. The van der Waals surface area contributed by atoms with Crippen molar-refractivity contribution in [2.24, 2.45) is 5.92 Å². The first-order valence-electron chi connectivity index (χ1n) is 6.63. The summed E-state index contributed by atoms with van der Waals surface area (Å²) in [5.41, 5.74) is 1.14. The zero-order valence-electron chi connectivity index (χ0n) is 11.5. The molecule has 1 aliphatic rings. The number of carboxylic acid groups (broad SMARTS) is 1. The molecule has 0 amide bonds. The fourth-order valence-electron chi connectivity index (χ4n) is 2.43. The van der Waals surface area contributed by atoms with Gasteiger partial charge in [0.05, 0.1) is 5.92 Å². The number of rotatable bonds is 4. The number of anilines is 1. The molecule has 0 bridgehead atoms. The second-order valence-electron chi connectivity index (χ2n) is 5.33. The van der Waals surface area contributed by atoms with E-state index in [1.807, 2.05) is 31.3 Å². The third-order valence-electron chi connectivity index (χ3n) is 3.53. The van der Waals surface area contributed by atoms with Crippen LogP contribution in [0.25, 0.3) is 0 Å². The highest BCUT2D eigenvalue weighted by Gasteiger charge is 2.25. The van der Waals surface area contributed by atoms with Gasteiger partial charge in [0.1, 0.15) is 5.82 Å². The molecular formula is C14H21N3O2. The van der Waals surface area contributed by atoms with Crippen LogP contribution < -0.4 is 4.90 Å². The predicted octanol–water partition coefficient (Wildman–Crippen LogP) is 1.44. The van der Waals surface area contributed by atoms with Gasteiger partial charge in [0.15, 0.2) is 0 Å². The van der Waals surface area contributed by atoms with Gasteiger partial charge in [0.2, 0.25) is 0 Å². The Labute approximate surface area is 113 Å². The summed E-state index contributed by atoms with van der Waals surface area (Å²) in [4.78, 5) is 19.6. The van der Waals surface area contributed by atoms with Crippen molar-refractivity contribution in [2.45, 2.75) is 19.4 Å². The summed E-state index contributed by atoms with van der Waals surface area (Å²) in [6.45, 7) is 2.40. The lowest BCUT2D eigenvalue weighted by Gasteiger charge is -2.30. The maximum atomic E-state index is 11.0. The lowest BCUT2D eigenvalue weighted by molar-refractivity contribution is -0.143. The van der Waals surface area contributed by atoms with Crippen LogP contribution in [-0.4, -0.2) is 48.1 Å². The van der Waals surface area contributed by atoms with E-state index in [1.165, 1.54) is 0 Å². The van der Waals surface area contributed by atoms with E-state index in [9.17, 15) is 4.79 Å². The molecule has 0 aromatic carbocycles. The highest BCUT2D eigenvalue weighted by atomic mass is 16.4. The van der Waals surface area contributed by atoms with Gasteiger partial charge in [-0.25, -0.2) is 4.98 Å². The first-order chi connectivity index (χ1) is 9.06. The Kier molecular flexibility index (Phi) is 4.37. The molecule has 0 saturated carbocycles. The molecular weight excluding hydrogens is 242 g/mol. The van der Waals surface area contributed by atoms with Crippen molar-refractivity contribution in [3.8, 4) is 0 Å². The van der Waals surface area contributed by atoms with Gasteiger partial charge in [0, 0.05) is 33.4 Å². The Balaban J connectivity index is 1.95. The minimum absolute atomic E-state index is 0.220. The Morgan fingerprint density at radius 3 is 2.89 bits per heavy atom. The van der Waals surface area contributed by atoms with Crippen molar-refractivity contribution in [2.75, 3.05) is 32.1 Å². The molecule has 5 nitrogen and oxygen atoms in total. The summed E-state index contributed by atoms with van der Waals surface area (Å²) in [5.74, 6) is 0.0411. The van der Waals surface area contributed by atoms with Crippen molar-refractivity contribution < 1.29 is 9.90 Å². The second-order valence-corrected chi connectivity index (χ2v) is 5.33. The van der Waals surface area contributed by atoms with E-state index in [-0.39, 0.29) is 5.92 Å². The summed E-state index contributed by atoms with van der Waals surface area (Å²) in [6.07, 6.45) is 3.63. The molecule has 1 atom stereocenters. The number of nitrogens with zero attached hydrogens (tertiary/aromatic N) is 3. The van der Waals surface area contributed by atoms with E-state index < -0.39 is 5.97 Å². The lowest BCUT2D eigenvalue weighted by atomic mass is 9.98. The fraction of sp³-hybridized carbons (Fsp3) is 0.571. The van der Waals surface area contributed by atoms with Gasteiger partial charge in [-0.3, -0.25) is 9.69 Å². The summed E-state index contributed by atoms with van der Waals surface area (Å²) in [7, 11) is 3.92. The number of pyridine rings is 1. The highest BCUT2D eigenvalue weighted by molar-refractivity contribution is 5.70. The molecule has 0 radical (unpaired) electrons. The van der Waals surface area contributed by atoms with Crippen molar-refractivity contribution >= 4 is 11.8 Å². The number of piperidine rings is 1. The minimum atomic E-state index is -0.675. The van der Waals surface area contributed by atoms with Gasteiger partial charge in [0.25, 0.3) is 0 Å². The molecule has 5 heteroatoms. The topological polar surface area (TPSA) is 56.7 Å². The predicted molar refractivity (Wildman–Crippen MR) is 74.2 cm³/mol. The van der Waals surface area contributed by atoms with Crippen molar-refractivity contribution in [3.63, 3.8) is 0 Å². The van der Waals surface area contributed by atoms with Crippen LogP contribution in [0.1, 0.15) is 18.4 Å². The summed E-state index contributed by atoms with van der Waals surface area (Å²) < 4.78 is 0. The molecule has 0 aliphatic carbocycles. The average Bonchev–Trinajstić information content (AvgIpc) is 2.39. The number of carboxylic acids is 1. The molecule has 2 heterocycles. The zero-order chi connectivity index (χ0) is 13.8. The fourth-order valence-corrected chi connectivity index (χ4v) is 2.43. The standard InChI is InChI=1S/C14H21N3O2/c1-16(2)13-6-5-11(8-15-13)9-17-7-3-4-12(10-17)14(18)19/h5-6,8,12H,3-4,7,9-10H2,1-2H3,(H,18,19)/t12-/m1/s1. The smallest absolute Gasteiger partial charge is 0.307 e. The minimum Gasteiger partial charge on any atom is -0.481 e. The van der Waals surface area contributed by atoms with Crippen LogP contribution in [0.3, 0.4) is 0 Å². The molecule has 1 fully saturated rings. The molecule has 0 spiro atoms. The average molecular weight is 263 g/mol. The highest BCUT2D eigenvalue weighted by Crippen LogP contribution is 2.19. The Morgan fingerprint density at radius 2 is 2.32 bits per heavy atom. The van der Waals surface area contributed by atoms with Crippen LogP contribution in [0, 0.1) is 5.92 Å². The lowest BCUT2D eigenvalue weighted by Crippen LogP contribution is -2.38. The van der Waals surface area contributed by atoms with Gasteiger partial charge in [-0.2, -0.15) is 0 Å². The van der Waals surface area contributed by atoms with Crippen LogP contribution >= 0.6 is 0 Å². The largest absolute Gasteiger partial charge is 0.481 e. The van der Waals surface area contributed by atoms with E-state index in [1.54, 1.807) is 0 Å². The first kappa shape index (κ1) is 13.8.